The van der Waals surface area contributed by atoms with Crippen LogP contribution in [-0.4, -0.2) is 47.3 Å². The molecular formula is C28H38NO3+. The maximum absolute atomic E-state index is 13.5. The van der Waals surface area contributed by atoms with E-state index >= 15 is 0 Å². The average molecular weight is 437 g/mol. The number of rotatable bonds is 9. The number of hydrogen-bond acceptors (Lipinski definition) is 3. The Morgan fingerprint density at radius 1 is 0.938 bits per heavy atom. The Labute approximate surface area is 192 Å². The number of unbranched alkanes of at least 4 members (excludes halogenated alkanes) is 3. The molecule has 4 heteroatoms. The predicted molar refractivity (Wildman–Crippen MR) is 127 cm³/mol. The molecule has 2 aliphatic heterocycles. The molecular weight excluding hydrogens is 398 g/mol. The summed E-state index contributed by atoms with van der Waals surface area (Å²) >= 11 is 0. The molecule has 4 rings (SSSR count). The summed E-state index contributed by atoms with van der Waals surface area (Å²) in [6, 6.07) is 19.4. The number of carbonyl (C=O) groups is 1. The van der Waals surface area contributed by atoms with Crippen molar-refractivity contribution in [2.45, 2.75) is 82.1 Å². The zero-order valence-corrected chi connectivity index (χ0v) is 19.6. The highest BCUT2D eigenvalue weighted by atomic mass is 16.6. The summed E-state index contributed by atoms with van der Waals surface area (Å²) in [6.45, 7) is 3.49. The number of fused-ring (bicyclic) bond motifs is 2. The molecule has 2 aromatic carbocycles. The first-order valence-electron chi connectivity index (χ1n) is 12.4. The van der Waals surface area contributed by atoms with Gasteiger partial charge in [-0.25, -0.2) is 4.79 Å². The molecule has 2 aliphatic rings. The maximum atomic E-state index is 13.5. The summed E-state index contributed by atoms with van der Waals surface area (Å²) < 4.78 is 7.22. The van der Waals surface area contributed by atoms with Crippen LogP contribution < -0.4 is 0 Å². The number of hydrogen-bond donors (Lipinski definition) is 1. The van der Waals surface area contributed by atoms with Gasteiger partial charge in [-0.05, 0) is 24.0 Å². The molecule has 2 atom stereocenters. The van der Waals surface area contributed by atoms with Gasteiger partial charge in [-0.3, -0.25) is 0 Å². The minimum absolute atomic E-state index is 0.124. The van der Waals surface area contributed by atoms with Crippen LogP contribution in [0.15, 0.2) is 60.7 Å². The molecule has 2 saturated heterocycles. The summed E-state index contributed by atoms with van der Waals surface area (Å²) in [5.41, 5.74) is -0.699. The van der Waals surface area contributed by atoms with E-state index in [0.29, 0.717) is 23.2 Å². The largest absolute Gasteiger partial charge is 0.459 e. The van der Waals surface area contributed by atoms with Gasteiger partial charge in [0.15, 0.2) is 0 Å². The Kier molecular flexibility index (Phi) is 7.02. The number of quaternary nitrogens is 1. The van der Waals surface area contributed by atoms with E-state index in [9.17, 15) is 9.90 Å². The van der Waals surface area contributed by atoms with Crippen LogP contribution in [0.1, 0.15) is 69.4 Å². The topological polar surface area (TPSA) is 46.5 Å². The second-order valence-corrected chi connectivity index (χ2v) is 9.96. The van der Waals surface area contributed by atoms with Crippen LogP contribution in [0.3, 0.4) is 0 Å². The molecule has 2 fully saturated rings. The van der Waals surface area contributed by atoms with Gasteiger partial charge in [0.25, 0.3) is 0 Å². The van der Waals surface area contributed by atoms with Crippen LogP contribution in [0.5, 0.6) is 0 Å². The van der Waals surface area contributed by atoms with Gasteiger partial charge in [-0.15, -0.1) is 0 Å². The third-order valence-corrected chi connectivity index (χ3v) is 8.02. The molecule has 0 aliphatic carbocycles. The van der Waals surface area contributed by atoms with E-state index < -0.39 is 11.6 Å². The van der Waals surface area contributed by atoms with E-state index in [4.69, 9.17) is 4.74 Å². The van der Waals surface area contributed by atoms with Crippen LogP contribution in [0, 0.1) is 0 Å². The number of nitrogens with zero attached hydrogens (tertiary/aromatic N) is 1. The van der Waals surface area contributed by atoms with Gasteiger partial charge >= 0.3 is 5.97 Å². The van der Waals surface area contributed by atoms with Gasteiger partial charge < -0.3 is 14.3 Å². The number of benzene rings is 2. The van der Waals surface area contributed by atoms with Gasteiger partial charge in [0.05, 0.1) is 25.7 Å². The standard InChI is InChI=1S/C28H38NO3/c1-3-4-5-12-19-29(2)24-17-18-25(29)21-26(20-24)32-27(30)28(31,22-13-8-6-9-14-22)23-15-10-7-11-16-23/h6-11,13-16,24-26,31H,3-5,12,17-21H2,1-2H3/q+1. The Bertz CT molecular complexity index is 829. The van der Waals surface area contributed by atoms with Crippen molar-refractivity contribution in [3.63, 3.8) is 0 Å². The number of aliphatic hydroxyl groups is 1. The molecule has 4 nitrogen and oxygen atoms in total. The smallest absolute Gasteiger partial charge is 0.347 e. The van der Waals surface area contributed by atoms with Crippen LogP contribution in [0.25, 0.3) is 0 Å². The van der Waals surface area contributed by atoms with Crippen molar-refractivity contribution < 1.29 is 19.1 Å². The van der Waals surface area contributed by atoms with Gasteiger partial charge in [0.1, 0.15) is 6.10 Å². The Hall–Kier alpha value is -2.17. The van der Waals surface area contributed by atoms with Crippen LogP contribution >= 0.6 is 0 Å². The average Bonchev–Trinajstić information content (AvgIpc) is 2.98. The first-order chi connectivity index (χ1) is 15.5. The highest BCUT2D eigenvalue weighted by Crippen LogP contribution is 2.43. The van der Waals surface area contributed by atoms with E-state index in [1.165, 1.54) is 45.1 Å². The first kappa shape index (κ1) is 23.0. The molecule has 2 heterocycles. The molecule has 0 spiro atoms. The zero-order chi connectivity index (χ0) is 22.6. The number of carbonyl (C=O) groups excluding carboxylic acids is 1. The molecule has 2 aromatic rings. The third-order valence-electron chi connectivity index (χ3n) is 8.02. The van der Waals surface area contributed by atoms with Gasteiger partial charge in [-0.2, -0.15) is 0 Å². The fourth-order valence-corrected chi connectivity index (χ4v) is 6.03. The normalized spacial score (nSPS) is 27.3. The lowest BCUT2D eigenvalue weighted by atomic mass is 9.86. The minimum atomic E-state index is -1.79. The highest BCUT2D eigenvalue weighted by molar-refractivity contribution is 5.85. The van der Waals surface area contributed by atoms with Gasteiger partial charge in [-0.1, -0.05) is 80.4 Å². The van der Waals surface area contributed by atoms with E-state index in [0.717, 1.165) is 17.3 Å². The lowest BCUT2D eigenvalue weighted by Gasteiger charge is -2.47. The Morgan fingerprint density at radius 3 is 1.97 bits per heavy atom. The van der Waals surface area contributed by atoms with Crippen molar-refractivity contribution in [2.24, 2.45) is 0 Å². The van der Waals surface area contributed by atoms with E-state index in [2.05, 4.69) is 14.0 Å². The Morgan fingerprint density at radius 2 is 1.47 bits per heavy atom. The molecule has 0 aromatic heterocycles. The van der Waals surface area contributed by atoms with Crippen molar-refractivity contribution in [2.75, 3.05) is 13.6 Å². The first-order valence-corrected chi connectivity index (χ1v) is 12.4. The van der Waals surface area contributed by atoms with Crippen LogP contribution in [0.4, 0.5) is 0 Å². The van der Waals surface area contributed by atoms with Crippen molar-refractivity contribution >= 4 is 5.97 Å². The van der Waals surface area contributed by atoms with Gasteiger partial charge in [0.2, 0.25) is 5.60 Å². The predicted octanol–water partition coefficient (Wildman–Crippen LogP) is 5.19. The maximum Gasteiger partial charge on any atom is 0.347 e. The molecule has 0 radical (unpaired) electrons. The second-order valence-electron chi connectivity index (χ2n) is 9.96. The summed E-state index contributed by atoms with van der Waals surface area (Å²) in [6.07, 6.45) is 9.26. The van der Waals surface area contributed by atoms with Crippen molar-refractivity contribution in [3.05, 3.63) is 71.8 Å². The monoisotopic (exact) mass is 436 g/mol. The zero-order valence-electron chi connectivity index (χ0n) is 19.6. The molecule has 172 valence electrons. The lowest BCUT2D eigenvalue weighted by Crippen LogP contribution is -2.59. The Balaban J connectivity index is 1.49. The molecule has 32 heavy (non-hydrogen) atoms. The number of esters is 1. The summed E-state index contributed by atoms with van der Waals surface area (Å²) in [5, 5.41) is 11.7. The van der Waals surface area contributed by atoms with E-state index in [1.54, 1.807) is 24.3 Å². The van der Waals surface area contributed by atoms with Crippen molar-refractivity contribution in [3.8, 4) is 0 Å². The van der Waals surface area contributed by atoms with Gasteiger partial charge in [0, 0.05) is 25.7 Å². The van der Waals surface area contributed by atoms with Crippen molar-refractivity contribution in [1.82, 2.24) is 0 Å². The van der Waals surface area contributed by atoms with Crippen molar-refractivity contribution in [1.29, 1.82) is 0 Å². The third kappa shape index (κ3) is 4.35. The van der Waals surface area contributed by atoms with Crippen LogP contribution in [0.2, 0.25) is 0 Å². The molecule has 2 bridgehead atoms. The van der Waals surface area contributed by atoms with E-state index in [1.807, 2.05) is 36.4 Å². The SMILES string of the molecule is CCCCCC[N+]1(C)C2CCC1CC(OC(=O)C(O)(c1ccccc1)c1ccccc1)C2. The molecule has 2 unspecified atom stereocenters. The fourth-order valence-electron chi connectivity index (χ4n) is 6.03. The lowest BCUT2D eigenvalue weighted by molar-refractivity contribution is -0.949. The quantitative estimate of drug-likeness (QED) is 0.334. The highest BCUT2D eigenvalue weighted by Gasteiger charge is 2.53. The molecule has 1 N–H and O–H groups in total. The summed E-state index contributed by atoms with van der Waals surface area (Å²) in [4.78, 5) is 13.5. The number of piperidine rings is 1. The fraction of sp³-hybridized carbons (Fsp3) is 0.536. The minimum Gasteiger partial charge on any atom is -0.459 e. The summed E-state index contributed by atoms with van der Waals surface area (Å²) in [5.74, 6) is -0.557. The second kappa shape index (κ2) is 9.76. The van der Waals surface area contributed by atoms with Crippen LogP contribution in [-0.2, 0) is 15.1 Å². The molecule has 0 saturated carbocycles. The summed E-state index contributed by atoms with van der Waals surface area (Å²) in [7, 11) is 2.41. The molecule has 0 amide bonds. The number of ether oxygens (including phenoxy) is 1. The van der Waals surface area contributed by atoms with E-state index in [-0.39, 0.29) is 6.10 Å².